The number of halogens is 3. The van der Waals surface area contributed by atoms with E-state index in [1.807, 2.05) is 0 Å². The third-order valence-corrected chi connectivity index (χ3v) is 5.41. The number of nitrogens with one attached hydrogen (secondary N) is 1. The highest BCUT2D eigenvalue weighted by molar-refractivity contribution is 7.89. The number of hydrogen-bond donors (Lipinski definition) is 1. The largest absolute Gasteiger partial charge is 0.301 e. The number of nitrogens with zero attached hydrogens (tertiary/aromatic N) is 1. The van der Waals surface area contributed by atoms with Crippen LogP contribution in [0.2, 0.25) is 5.02 Å². The molecule has 1 N–H and O–H groups in total. The predicted molar refractivity (Wildman–Crippen MR) is 89.4 cm³/mol. The van der Waals surface area contributed by atoms with Crippen molar-refractivity contribution in [1.29, 1.82) is 0 Å². The fourth-order valence-corrected chi connectivity index (χ4v) is 3.84. The molecule has 2 aromatic carbocycles. The minimum atomic E-state index is -3.92. The molecule has 2 rings (SSSR count). The van der Waals surface area contributed by atoms with Crippen LogP contribution in [0.3, 0.4) is 0 Å². The summed E-state index contributed by atoms with van der Waals surface area (Å²) in [5.74, 6) is -1.02. The van der Waals surface area contributed by atoms with Crippen LogP contribution in [0.15, 0.2) is 47.4 Å². The fraction of sp³-hybridized carbons (Fsp3) is 0.250. The standard InChI is InChI=1S/C16H17ClF2N2O2S/c1-21(2)15(11-4-3-5-12(18)8-11)10-20-24(22,23)16-7-6-13(19)9-14(16)17/h3-9,15,20H,10H2,1-2H3. The van der Waals surface area contributed by atoms with Crippen molar-refractivity contribution in [3.8, 4) is 0 Å². The van der Waals surface area contributed by atoms with Gasteiger partial charge >= 0.3 is 0 Å². The van der Waals surface area contributed by atoms with Gasteiger partial charge in [0.25, 0.3) is 0 Å². The molecular weight excluding hydrogens is 358 g/mol. The molecule has 0 bridgehead atoms. The molecule has 0 heterocycles. The van der Waals surface area contributed by atoms with Gasteiger partial charge in [0.1, 0.15) is 16.5 Å². The highest BCUT2D eigenvalue weighted by atomic mass is 35.5. The Morgan fingerprint density at radius 1 is 1.12 bits per heavy atom. The highest BCUT2D eigenvalue weighted by Crippen LogP contribution is 2.23. The van der Waals surface area contributed by atoms with E-state index < -0.39 is 21.7 Å². The van der Waals surface area contributed by atoms with Crippen LogP contribution in [-0.2, 0) is 10.0 Å². The maximum atomic E-state index is 13.4. The van der Waals surface area contributed by atoms with E-state index in [4.69, 9.17) is 11.6 Å². The first-order chi connectivity index (χ1) is 11.2. The monoisotopic (exact) mass is 374 g/mol. The van der Waals surface area contributed by atoms with E-state index in [-0.39, 0.29) is 22.5 Å². The second-order valence-electron chi connectivity index (χ2n) is 5.46. The molecule has 24 heavy (non-hydrogen) atoms. The number of rotatable bonds is 6. The predicted octanol–water partition coefficient (Wildman–Crippen LogP) is 3.20. The molecule has 0 radical (unpaired) electrons. The van der Waals surface area contributed by atoms with Gasteiger partial charge in [0.15, 0.2) is 0 Å². The topological polar surface area (TPSA) is 49.4 Å². The van der Waals surface area contributed by atoms with E-state index in [1.165, 1.54) is 12.1 Å². The minimum Gasteiger partial charge on any atom is -0.301 e. The molecule has 1 unspecified atom stereocenters. The molecule has 130 valence electrons. The molecule has 2 aromatic rings. The molecule has 0 aromatic heterocycles. The van der Waals surface area contributed by atoms with Crippen LogP contribution in [-0.4, -0.2) is 34.0 Å². The van der Waals surface area contributed by atoms with Gasteiger partial charge in [-0.05, 0) is 50.0 Å². The average Bonchev–Trinajstić information content (AvgIpc) is 2.46. The van der Waals surface area contributed by atoms with E-state index in [2.05, 4.69) is 4.72 Å². The first-order valence-corrected chi connectivity index (χ1v) is 8.93. The summed E-state index contributed by atoms with van der Waals surface area (Å²) in [5.41, 5.74) is 0.632. The second-order valence-corrected chi connectivity index (χ2v) is 7.60. The maximum absolute atomic E-state index is 13.4. The highest BCUT2D eigenvalue weighted by Gasteiger charge is 2.22. The van der Waals surface area contributed by atoms with E-state index in [9.17, 15) is 17.2 Å². The third-order valence-electron chi connectivity index (χ3n) is 3.51. The molecule has 0 aliphatic carbocycles. The summed E-state index contributed by atoms with van der Waals surface area (Å²) in [6.07, 6.45) is 0. The van der Waals surface area contributed by atoms with Gasteiger partial charge in [-0.2, -0.15) is 0 Å². The summed E-state index contributed by atoms with van der Waals surface area (Å²) >= 11 is 5.81. The first kappa shape index (κ1) is 18.8. The van der Waals surface area contributed by atoms with Crippen molar-refractivity contribution in [2.75, 3.05) is 20.6 Å². The lowest BCUT2D eigenvalue weighted by Crippen LogP contribution is -2.34. The molecule has 0 spiro atoms. The second kappa shape index (κ2) is 7.57. The van der Waals surface area contributed by atoms with Crippen molar-refractivity contribution in [1.82, 2.24) is 9.62 Å². The third kappa shape index (κ3) is 4.51. The summed E-state index contributed by atoms with van der Waals surface area (Å²) in [6.45, 7) is 0.00644. The normalized spacial score (nSPS) is 13.2. The molecule has 1 atom stereocenters. The molecule has 0 saturated carbocycles. The van der Waals surface area contributed by atoms with Crippen LogP contribution in [0.1, 0.15) is 11.6 Å². The van der Waals surface area contributed by atoms with Gasteiger partial charge in [0.2, 0.25) is 10.0 Å². The van der Waals surface area contributed by atoms with Gasteiger partial charge in [-0.3, -0.25) is 0 Å². The maximum Gasteiger partial charge on any atom is 0.242 e. The Labute approximate surface area is 145 Å². The van der Waals surface area contributed by atoms with Gasteiger partial charge in [0.05, 0.1) is 5.02 Å². The van der Waals surface area contributed by atoms with Gasteiger partial charge in [-0.25, -0.2) is 21.9 Å². The van der Waals surface area contributed by atoms with E-state index in [1.54, 1.807) is 31.1 Å². The Kier molecular flexibility index (Phi) is 5.92. The molecular formula is C16H17ClF2N2O2S. The van der Waals surface area contributed by atoms with Crippen molar-refractivity contribution in [3.05, 3.63) is 64.7 Å². The minimum absolute atomic E-state index is 0.00644. The van der Waals surface area contributed by atoms with Gasteiger partial charge in [-0.15, -0.1) is 0 Å². The number of benzene rings is 2. The van der Waals surface area contributed by atoms with Crippen LogP contribution >= 0.6 is 11.6 Å². The Morgan fingerprint density at radius 2 is 1.79 bits per heavy atom. The molecule has 0 fully saturated rings. The SMILES string of the molecule is CN(C)C(CNS(=O)(=O)c1ccc(F)cc1Cl)c1cccc(F)c1. The Hall–Kier alpha value is -1.54. The molecule has 0 aliphatic heterocycles. The zero-order valence-corrected chi connectivity index (χ0v) is 14.7. The molecule has 0 aliphatic rings. The molecule has 0 saturated heterocycles. The van der Waals surface area contributed by atoms with Gasteiger partial charge < -0.3 is 4.90 Å². The summed E-state index contributed by atoms with van der Waals surface area (Å²) in [6, 6.07) is 8.63. The Bertz CT molecular complexity index is 829. The smallest absolute Gasteiger partial charge is 0.242 e. The van der Waals surface area contributed by atoms with Crippen molar-refractivity contribution in [2.24, 2.45) is 0 Å². The summed E-state index contributed by atoms with van der Waals surface area (Å²) in [4.78, 5) is 1.56. The van der Waals surface area contributed by atoms with Crippen LogP contribution in [0, 0.1) is 11.6 Å². The van der Waals surface area contributed by atoms with E-state index in [0.29, 0.717) is 5.56 Å². The Balaban J connectivity index is 2.22. The first-order valence-electron chi connectivity index (χ1n) is 7.07. The van der Waals surface area contributed by atoms with Crippen LogP contribution in [0.4, 0.5) is 8.78 Å². The fourth-order valence-electron chi connectivity index (χ4n) is 2.27. The van der Waals surface area contributed by atoms with E-state index >= 15 is 0 Å². The average molecular weight is 375 g/mol. The van der Waals surface area contributed by atoms with Crippen LogP contribution in [0.25, 0.3) is 0 Å². The van der Waals surface area contributed by atoms with Crippen LogP contribution in [0.5, 0.6) is 0 Å². The summed E-state index contributed by atoms with van der Waals surface area (Å²) in [7, 11) is -0.406. The summed E-state index contributed by atoms with van der Waals surface area (Å²) < 4.78 is 53.7. The zero-order valence-electron chi connectivity index (χ0n) is 13.1. The van der Waals surface area contributed by atoms with Crippen molar-refractivity contribution in [2.45, 2.75) is 10.9 Å². The van der Waals surface area contributed by atoms with Gasteiger partial charge in [-0.1, -0.05) is 23.7 Å². The molecule has 4 nitrogen and oxygen atoms in total. The molecule has 0 amide bonds. The number of hydrogen-bond acceptors (Lipinski definition) is 3. The molecule has 8 heteroatoms. The number of sulfonamides is 1. The van der Waals surface area contributed by atoms with Crippen molar-refractivity contribution in [3.63, 3.8) is 0 Å². The van der Waals surface area contributed by atoms with E-state index in [0.717, 1.165) is 18.2 Å². The summed E-state index contributed by atoms with van der Waals surface area (Å²) in [5, 5.41) is -0.199. The quantitative estimate of drug-likeness (QED) is 0.844. The van der Waals surface area contributed by atoms with Crippen molar-refractivity contribution < 1.29 is 17.2 Å². The lowest BCUT2D eigenvalue weighted by molar-refractivity contribution is 0.299. The zero-order chi connectivity index (χ0) is 17.9. The lowest BCUT2D eigenvalue weighted by atomic mass is 10.1. The lowest BCUT2D eigenvalue weighted by Gasteiger charge is -2.25. The van der Waals surface area contributed by atoms with Crippen LogP contribution < -0.4 is 4.72 Å². The van der Waals surface area contributed by atoms with Crippen molar-refractivity contribution >= 4 is 21.6 Å². The van der Waals surface area contributed by atoms with Gasteiger partial charge in [0, 0.05) is 12.6 Å². The Morgan fingerprint density at radius 3 is 2.38 bits per heavy atom. The number of likely N-dealkylation sites (N-methyl/N-ethyl adjacent to an activating group) is 1.